The highest BCUT2D eigenvalue weighted by molar-refractivity contribution is 6.79. The second-order valence-electron chi connectivity index (χ2n) is 8.66. The Morgan fingerprint density at radius 2 is 1.68 bits per heavy atom. The molecular formula is C24H29Si. The highest BCUT2D eigenvalue weighted by atomic mass is 28.2. The molecule has 25 heavy (non-hydrogen) atoms. The minimum atomic E-state index is -0.478. The first-order chi connectivity index (χ1) is 11.7. The summed E-state index contributed by atoms with van der Waals surface area (Å²) >= 11 is 0. The van der Waals surface area contributed by atoms with E-state index in [-0.39, 0.29) is 5.41 Å². The highest BCUT2D eigenvalue weighted by Crippen LogP contribution is 2.32. The van der Waals surface area contributed by atoms with Crippen LogP contribution in [0.4, 0.5) is 0 Å². The van der Waals surface area contributed by atoms with Crippen molar-refractivity contribution in [1.29, 1.82) is 0 Å². The summed E-state index contributed by atoms with van der Waals surface area (Å²) in [5, 5.41) is 4.02. The van der Waals surface area contributed by atoms with Crippen LogP contribution in [0.15, 0.2) is 36.4 Å². The van der Waals surface area contributed by atoms with Gasteiger partial charge in [-0.05, 0) is 55.3 Å². The van der Waals surface area contributed by atoms with Crippen LogP contribution >= 0.6 is 0 Å². The summed E-state index contributed by atoms with van der Waals surface area (Å²) in [5.41, 5.74) is 5.76. The zero-order valence-corrected chi connectivity index (χ0v) is 17.6. The summed E-state index contributed by atoms with van der Waals surface area (Å²) in [7, 11) is -0.478. The van der Waals surface area contributed by atoms with Crippen LogP contribution in [0, 0.1) is 0 Å². The molecule has 0 atom stereocenters. The van der Waals surface area contributed by atoms with Crippen molar-refractivity contribution in [2.45, 2.75) is 59.0 Å². The molecule has 0 heterocycles. The summed E-state index contributed by atoms with van der Waals surface area (Å²) in [6.07, 6.45) is 6.01. The van der Waals surface area contributed by atoms with Crippen molar-refractivity contribution in [2.24, 2.45) is 0 Å². The molecule has 0 amide bonds. The lowest BCUT2D eigenvalue weighted by atomic mass is 9.82. The largest absolute Gasteiger partial charge is 0.0610 e. The van der Waals surface area contributed by atoms with Crippen molar-refractivity contribution in [1.82, 2.24) is 0 Å². The zero-order chi connectivity index (χ0) is 18.4. The van der Waals surface area contributed by atoms with E-state index in [1.165, 1.54) is 37.9 Å². The second kappa shape index (κ2) is 6.53. The summed E-state index contributed by atoms with van der Waals surface area (Å²) in [6, 6.07) is 13.7. The summed E-state index contributed by atoms with van der Waals surface area (Å²) in [4.78, 5) is 0. The Labute approximate surface area is 154 Å². The van der Waals surface area contributed by atoms with Crippen LogP contribution < -0.4 is 10.4 Å². The predicted molar refractivity (Wildman–Crippen MR) is 114 cm³/mol. The maximum absolute atomic E-state index is 3.63. The second-order valence-corrected chi connectivity index (χ2v) is 11.2. The SMILES string of the molecule is CC(C)c1cc(C(C)(C)C)ccc1-c1cccc2c1=CC(=[Si](C)C)[C]=2. The molecule has 129 valence electrons. The number of hydrogen-bond donors (Lipinski definition) is 0. The number of fused-ring (bicyclic) bond motifs is 1. The molecule has 0 spiro atoms. The topological polar surface area (TPSA) is 0 Å². The first kappa shape index (κ1) is 18.1. The minimum Gasteiger partial charge on any atom is -0.0610 e. The van der Waals surface area contributed by atoms with Gasteiger partial charge in [0.05, 0.1) is 0 Å². The Kier molecular flexibility index (Phi) is 4.72. The molecule has 0 bridgehead atoms. The van der Waals surface area contributed by atoms with Gasteiger partial charge < -0.3 is 0 Å². The van der Waals surface area contributed by atoms with Gasteiger partial charge in [0.2, 0.25) is 0 Å². The maximum Gasteiger partial charge on any atom is 0.0137 e. The molecule has 2 aromatic rings. The predicted octanol–water partition coefficient (Wildman–Crippen LogP) is 4.73. The van der Waals surface area contributed by atoms with Gasteiger partial charge in [-0.15, -0.1) is 0 Å². The van der Waals surface area contributed by atoms with Crippen molar-refractivity contribution in [2.75, 3.05) is 0 Å². The third-order valence-corrected chi connectivity index (χ3v) is 6.38. The minimum absolute atomic E-state index is 0.178. The Hall–Kier alpha value is -1.73. The van der Waals surface area contributed by atoms with Crippen molar-refractivity contribution in [3.05, 3.63) is 58.0 Å². The standard InChI is InChI=1S/C24H29Si/c1-16(2)22-14-18(24(3,4)5)11-12-21(22)20-10-8-9-17-13-19(25(6)7)15-23(17)20/h8-12,14-16H,1-7H3. The van der Waals surface area contributed by atoms with Gasteiger partial charge in [0.15, 0.2) is 0 Å². The van der Waals surface area contributed by atoms with Crippen molar-refractivity contribution in [3.8, 4) is 11.1 Å². The lowest BCUT2D eigenvalue weighted by molar-refractivity contribution is 0.588. The Morgan fingerprint density at radius 1 is 0.960 bits per heavy atom. The average molecular weight is 346 g/mol. The van der Waals surface area contributed by atoms with Crippen LogP contribution in [0.5, 0.6) is 0 Å². The molecule has 0 aromatic heterocycles. The molecular weight excluding hydrogens is 316 g/mol. The van der Waals surface area contributed by atoms with Gasteiger partial charge in [-0.2, -0.15) is 0 Å². The van der Waals surface area contributed by atoms with Crippen LogP contribution in [0.25, 0.3) is 23.3 Å². The molecule has 0 nitrogen and oxygen atoms in total. The molecule has 0 saturated carbocycles. The van der Waals surface area contributed by atoms with E-state index in [0.29, 0.717) is 5.92 Å². The molecule has 0 aliphatic heterocycles. The van der Waals surface area contributed by atoms with E-state index in [1.807, 2.05) is 0 Å². The molecule has 3 rings (SSSR count). The molecule has 0 fully saturated rings. The van der Waals surface area contributed by atoms with E-state index in [9.17, 15) is 0 Å². The van der Waals surface area contributed by atoms with Gasteiger partial charge in [0, 0.05) is 8.41 Å². The average Bonchev–Trinajstić information content (AvgIpc) is 2.97. The quantitative estimate of drug-likeness (QED) is 0.690. The third-order valence-electron chi connectivity index (χ3n) is 5.03. The monoisotopic (exact) mass is 345 g/mol. The molecule has 1 radical (unpaired) electrons. The van der Waals surface area contributed by atoms with Crippen LogP contribution in [0.2, 0.25) is 13.1 Å². The molecule has 0 saturated heterocycles. The number of rotatable bonds is 2. The van der Waals surface area contributed by atoms with Gasteiger partial charge in [-0.25, -0.2) is 0 Å². The van der Waals surface area contributed by atoms with Gasteiger partial charge >= 0.3 is 0 Å². The fourth-order valence-corrected chi connectivity index (χ4v) is 4.23. The molecule has 2 aromatic carbocycles. The van der Waals surface area contributed by atoms with Crippen LogP contribution in [-0.4, -0.2) is 13.6 Å². The normalized spacial score (nSPS) is 13.5. The van der Waals surface area contributed by atoms with E-state index in [1.54, 1.807) is 0 Å². The van der Waals surface area contributed by atoms with E-state index < -0.39 is 8.41 Å². The fraction of sp³-hybridized carbons (Fsp3) is 0.375. The lowest BCUT2D eigenvalue weighted by Gasteiger charge is -2.23. The summed E-state index contributed by atoms with van der Waals surface area (Å²) < 4.78 is 0. The molecule has 1 aliphatic rings. The Bertz CT molecular complexity index is 962. The van der Waals surface area contributed by atoms with Crippen molar-refractivity contribution in [3.63, 3.8) is 0 Å². The Morgan fingerprint density at radius 3 is 2.28 bits per heavy atom. The van der Waals surface area contributed by atoms with E-state index in [2.05, 4.69) is 96.3 Å². The van der Waals surface area contributed by atoms with Crippen LogP contribution in [0.3, 0.4) is 0 Å². The lowest BCUT2D eigenvalue weighted by Crippen LogP contribution is -2.23. The van der Waals surface area contributed by atoms with Crippen LogP contribution in [-0.2, 0) is 5.41 Å². The van der Waals surface area contributed by atoms with E-state index in [0.717, 1.165) is 0 Å². The molecule has 1 aliphatic carbocycles. The molecule has 0 N–H and O–H groups in total. The summed E-state index contributed by atoms with van der Waals surface area (Å²) in [6.45, 7) is 16.1. The van der Waals surface area contributed by atoms with Gasteiger partial charge in [0.25, 0.3) is 0 Å². The number of benzene rings is 2. The number of hydrogen-bond acceptors (Lipinski definition) is 0. The first-order valence-corrected chi connectivity index (χ1v) is 11.8. The highest BCUT2D eigenvalue weighted by Gasteiger charge is 2.18. The van der Waals surface area contributed by atoms with Gasteiger partial charge in [-0.3, -0.25) is 0 Å². The smallest absolute Gasteiger partial charge is 0.0137 e. The zero-order valence-electron chi connectivity index (χ0n) is 16.6. The van der Waals surface area contributed by atoms with Crippen molar-refractivity contribution >= 4 is 25.7 Å². The van der Waals surface area contributed by atoms with Gasteiger partial charge in [0.1, 0.15) is 0 Å². The first-order valence-electron chi connectivity index (χ1n) is 9.25. The van der Waals surface area contributed by atoms with E-state index in [4.69, 9.17) is 0 Å². The van der Waals surface area contributed by atoms with Crippen molar-refractivity contribution < 1.29 is 0 Å². The molecule has 1 heteroatoms. The fourth-order valence-electron chi connectivity index (χ4n) is 3.41. The van der Waals surface area contributed by atoms with Crippen LogP contribution in [0.1, 0.15) is 51.7 Å². The van der Waals surface area contributed by atoms with Gasteiger partial charge in [-0.1, -0.05) is 90.2 Å². The molecule has 0 unspecified atom stereocenters. The Balaban J connectivity index is 2.28. The van der Waals surface area contributed by atoms with E-state index >= 15 is 0 Å². The maximum atomic E-state index is 3.63. The third kappa shape index (κ3) is 3.48. The summed E-state index contributed by atoms with van der Waals surface area (Å²) in [5.74, 6) is 0.503.